The normalized spacial score (nSPS) is 55.7. The van der Waals surface area contributed by atoms with Gasteiger partial charge in [-0.15, -0.1) is 0 Å². The second kappa shape index (κ2) is 6.71. The van der Waals surface area contributed by atoms with Crippen LogP contribution in [0.5, 0.6) is 0 Å². The molecule has 1 N–H and O–H groups in total. The highest BCUT2D eigenvalue weighted by Gasteiger charge is 2.67. The van der Waals surface area contributed by atoms with Crippen LogP contribution in [0.3, 0.4) is 0 Å². The number of aliphatic hydroxyl groups is 1. The van der Waals surface area contributed by atoms with Gasteiger partial charge in [-0.25, -0.2) is 0 Å². The number of carbonyl (C=O) groups excluding carboxylic acids is 1. The van der Waals surface area contributed by atoms with Gasteiger partial charge in [-0.2, -0.15) is 0 Å². The largest absolute Gasteiger partial charge is 0.393 e. The lowest BCUT2D eigenvalue weighted by Crippen LogP contribution is -2.63. The van der Waals surface area contributed by atoms with E-state index in [0.717, 1.165) is 19.3 Å². The molecule has 0 aromatic carbocycles. The Morgan fingerprint density at radius 3 is 2.39 bits per heavy atom. The van der Waals surface area contributed by atoms with E-state index in [-0.39, 0.29) is 16.9 Å². The molecule has 0 heterocycles. The lowest BCUT2D eigenvalue weighted by Gasteiger charge is -2.70. The molecule has 0 aromatic rings. The summed E-state index contributed by atoms with van der Waals surface area (Å²) in [6, 6.07) is 0. The zero-order chi connectivity index (χ0) is 22.4. The molecule has 7 unspecified atom stereocenters. The highest BCUT2D eigenvalue weighted by atomic mass is 16.3. The van der Waals surface area contributed by atoms with Gasteiger partial charge in [-0.1, -0.05) is 53.2 Å². The fourth-order valence-corrected chi connectivity index (χ4v) is 10.1. The van der Waals surface area contributed by atoms with Crippen molar-refractivity contribution in [3.63, 3.8) is 0 Å². The van der Waals surface area contributed by atoms with Crippen LogP contribution in [-0.4, -0.2) is 17.5 Å². The van der Waals surface area contributed by atoms with Crippen molar-refractivity contribution in [3.8, 4) is 0 Å². The third kappa shape index (κ3) is 2.75. The number of aldehydes is 1. The number of aliphatic hydroxyl groups excluding tert-OH is 1. The second-order valence-corrected chi connectivity index (χ2v) is 14.1. The van der Waals surface area contributed by atoms with Gasteiger partial charge in [0, 0.05) is 5.41 Å². The summed E-state index contributed by atoms with van der Waals surface area (Å²) in [7, 11) is 0. The minimum absolute atomic E-state index is 0.103. The van der Waals surface area contributed by atoms with E-state index in [1.54, 1.807) is 5.57 Å². The zero-order valence-electron chi connectivity index (χ0n) is 21.0. The van der Waals surface area contributed by atoms with Crippen molar-refractivity contribution in [2.75, 3.05) is 0 Å². The first-order valence-electron chi connectivity index (χ1n) is 13.3. The van der Waals surface area contributed by atoms with E-state index >= 15 is 0 Å². The van der Waals surface area contributed by atoms with E-state index in [9.17, 15) is 9.90 Å². The topological polar surface area (TPSA) is 37.3 Å². The quantitative estimate of drug-likeness (QED) is 0.363. The number of fused-ring (bicyclic) bond motifs is 7. The van der Waals surface area contributed by atoms with Crippen LogP contribution in [-0.2, 0) is 4.79 Å². The molecule has 4 fully saturated rings. The molecular formula is C29H46O2. The molecule has 5 aliphatic carbocycles. The van der Waals surface area contributed by atoms with E-state index in [1.165, 1.54) is 51.2 Å². The minimum Gasteiger partial charge on any atom is -0.393 e. The van der Waals surface area contributed by atoms with E-state index in [4.69, 9.17) is 0 Å². The highest BCUT2D eigenvalue weighted by Crippen LogP contribution is 2.74. The van der Waals surface area contributed by atoms with Crippen LogP contribution in [0, 0.1) is 50.7 Å². The molecule has 2 heteroatoms. The Balaban J connectivity index is 1.58. The number of hydrogen-bond acceptors (Lipinski definition) is 2. The molecule has 4 saturated carbocycles. The van der Waals surface area contributed by atoms with Gasteiger partial charge in [0.1, 0.15) is 6.29 Å². The van der Waals surface area contributed by atoms with Crippen molar-refractivity contribution < 1.29 is 9.90 Å². The molecule has 0 amide bonds. The summed E-state index contributed by atoms with van der Waals surface area (Å²) in [6.45, 7) is 14.9. The molecule has 5 aliphatic rings. The number of rotatable bonds is 1. The SMILES string of the molecule is CC1C2CCC3(C)C(CC=C4C5CC(C)(C)CCC5(C=O)CC[C@]43C)C2(C)CC[C@@H]1O. The molecule has 174 valence electrons. The summed E-state index contributed by atoms with van der Waals surface area (Å²) in [5, 5.41) is 10.6. The van der Waals surface area contributed by atoms with Crippen molar-refractivity contribution in [2.45, 2.75) is 112 Å². The van der Waals surface area contributed by atoms with Gasteiger partial charge in [-0.05, 0) is 110 Å². The van der Waals surface area contributed by atoms with Gasteiger partial charge >= 0.3 is 0 Å². The van der Waals surface area contributed by atoms with Crippen LogP contribution in [0.25, 0.3) is 0 Å². The van der Waals surface area contributed by atoms with Crippen molar-refractivity contribution in [2.24, 2.45) is 50.7 Å². The minimum atomic E-state index is -0.111. The summed E-state index contributed by atoms with van der Waals surface area (Å²) in [4.78, 5) is 12.5. The summed E-state index contributed by atoms with van der Waals surface area (Å²) in [6.07, 6.45) is 15.5. The number of carbonyl (C=O) groups is 1. The van der Waals surface area contributed by atoms with Crippen molar-refractivity contribution in [1.82, 2.24) is 0 Å². The van der Waals surface area contributed by atoms with Gasteiger partial charge in [-0.3, -0.25) is 0 Å². The van der Waals surface area contributed by atoms with Crippen LogP contribution in [0.4, 0.5) is 0 Å². The maximum Gasteiger partial charge on any atom is 0.126 e. The summed E-state index contributed by atoms with van der Waals surface area (Å²) >= 11 is 0. The monoisotopic (exact) mass is 426 g/mol. The first-order valence-corrected chi connectivity index (χ1v) is 13.3. The van der Waals surface area contributed by atoms with Crippen molar-refractivity contribution >= 4 is 6.29 Å². The van der Waals surface area contributed by atoms with E-state index in [1.807, 2.05) is 0 Å². The fraction of sp³-hybridized carbons (Fsp3) is 0.897. The second-order valence-electron chi connectivity index (χ2n) is 14.1. The molecule has 2 nitrogen and oxygen atoms in total. The Labute approximate surface area is 190 Å². The Hall–Kier alpha value is -0.630. The third-order valence-corrected chi connectivity index (χ3v) is 12.5. The molecule has 0 aromatic heterocycles. The molecule has 9 atom stereocenters. The first-order chi connectivity index (χ1) is 14.4. The average molecular weight is 427 g/mol. The highest BCUT2D eigenvalue weighted by molar-refractivity contribution is 5.63. The zero-order valence-corrected chi connectivity index (χ0v) is 21.0. The molecule has 0 aliphatic heterocycles. The van der Waals surface area contributed by atoms with Gasteiger partial charge in [0.2, 0.25) is 0 Å². The molecular weight excluding hydrogens is 380 g/mol. The van der Waals surface area contributed by atoms with Crippen LogP contribution in [0.15, 0.2) is 11.6 Å². The standard InChI is InChI=1S/C29H46O2/c1-19-20-9-12-28(6)24(26(20,4)11-10-23(19)31)8-7-21-22-17-25(2,3)13-15-29(22,18-30)16-14-27(21,28)5/h7,18-20,22-24,31H,8-17H2,1-6H3/t19?,20?,22?,23-,24?,26?,27+,28?,29?/m0/s1. The summed E-state index contributed by atoms with van der Waals surface area (Å²) < 4.78 is 0. The van der Waals surface area contributed by atoms with Crippen LogP contribution >= 0.6 is 0 Å². The Kier molecular flexibility index (Phi) is 4.80. The van der Waals surface area contributed by atoms with Gasteiger partial charge < -0.3 is 9.90 Å². The number of allylic oxidation sites excluding steroid dienone is 2. The molecule has 0 bridgehead atoms. The van der Waals surface area contributed by atoms with Crippen LogP contribution < -0.4 is 0 Å². The van der Waals surface area contributed by atoms with Crippen LogP contribution in [0.2, 0.25) is 0 Å². The Morgan fingerprint density at radius 2 is 1.68 bits per heavy atom. The fourth-order valence-electron chi connectivity index (χ4n) is 10.1. The van der Waals surface area contributed by atoms with Crippen molar-refractivity contribution in [1.29, 1.82) is 0 Å². The summed E-state index contributed by atoms with van der Waals surface area (Å²) in [5.41, 5.74) is 2.76. The van der Waals surface area contributed by atoms with E-state index in [0.29, 0.717) is 39.9 Å². The maximum atomic E-state index is 12.5. The molecule has 0 spiro atoms. The van der Waals surface area contributed by atoms with Gasteiger partial charge in [0.05, 0.1) is 6.10 Å². The van der Waals surface area contributed by atoms with E-state index in [2.05, 4.69) is 47.6 Å². The first kappa shape index (κ1) is 22.2. The molecule has 31 heavy (non-hydrogen) atoms. The van der Waals surface area contributed by atoms with Crippen molar-refractivity contribution in [3.05, 3.63) is 11.6 Å². The number of hydrogen-bond donors (Lipinski definition) is 1. The lowest BCUT2D eigenvalue weighted by atomic mass is 9.34. The smallest absolute Gasteiger partial charge is 0.126 e. The van der Waals surface area contributed by atoms with Gasteiger partial charge in [0.25, 0.3) is 0 Å². The summed E-state index contributed by atoms with van der Waals surface area (Å²) in [5.74, 6) is 2.22. The predicted octanol–water partition coefficient (Wildman–Crippen LogP) is 6.96. The molecule has 5 rings (SSSR count). The lowest BCUT2D eigenvalue weighted by molar-refractivity contribution is -0.180. The Morgan fingerprint density at radius 1 is 0.968 bits per heavy atom. The average Bonchev–Trinajstić information content (AvgIpc) is 2.71. The predicted molar refractivity (Wildman–Crippen MR) is 126 cm³/mol. The van der Waals surface area contributed by atoms with Gasteiger partial charge in [0.15, 0.2) is 0 Å². The molecule has 0 radical (unpaired) electrons. The third-order valence-electron chi connectivity index (χ3n) is 12.5. The molecule has 0 saturated heterocycles. The Bertz CT molecular complexity index is 797. The van der Waals surface area contributed by atoms with Crippen LogP contribution in [0.1, 0.15) is 106 Å². The maximum absolute atomic E-state index is 12.5. The van der Waals surface area contributed by atoms with E-state index < -0.39 is 0 Å².